The average Bonchev–Trinajstić information content (AvgIpc) is 2.61. The van der Waals surface area contributed by atoms with Crippen molar-refractivity contribution in [2.24, 2.45) is 5.92 Å². The van der Waals surface area contributed by atoms with Gasteiger partial charge in [-0.05, 0) is 38.8 Å². The van der Waals surface area contributed by atoms with E-state index in [0.29, 0.717) is 6.54 Å². The monoisotopic (exact) mass is 339 g/mol. The third kappa shape index (κ3) is 4.85. The van der Waals surface area contributed by atoms with Crippen molar-refractivity contribution in [1.82, 2.24) is 15.1 Å². The van der Waals surface area contributed by atoms with Gasteiger partial charge in [-0.1, -0.05) is 32.6 Å². The van der Waals surface area contributed by atoms with E-state index in [1.54, 1.807) is 14.0 Å². The summed E-state index contributed by atoms with van der Waals surface area (Å²) < 4.78 is 0. The minimum atomic E-state index is -0.869. The van der Waals surface area contributed by atoms with Gasteiger partial charge >= 0.3 is 12.0 Å². The van der Waals surface area contributed by atoms with E-state index in [1.807, 2.05) is 0 Å². The number of carboxylic acids is 1. The third-order valence-corrected chi connectivity index (χ3v) is 5.70. The molecule has 138 valence electrons. The molecule has 0 aromatic rings. The normalized spacial score (nSPS) is 22.6. The SMILES string of the molecule is CC(CN(C)C(=O)NCC1(N2CCCCC2)CCCCC1)C(=O)O. The summed E-state index contributed by atoms with van der Waals surface area (Å²) in [6.45, 7) is 4.82. The van der Waals surface area contributed by atoms with Gasteiger partial charge in [0.15, 0.2) is 0 Å². The summed E-state index contributed by atoms with van der Waals surface area (Å²) in [7, 11) is 1.67. The molecule has 2 rings (SSSR count). The fraction of sp³-hybridized carbons (Fsp3) is 0.889. The van der Waals surface area contributed by atoms with Crippen LogP contribution in [0.4, 0.5) is 4.79 Å². The zero-order chi connectivity index (χ0) is 17.6. The molecule has 1 atom stereocenters. The fourth-order valence-corrected chi connectivity index (χ4v) is 4.13. The molecule has 24 heavy (non-hydrogen) atoms. The van der Waals surface area contributed by atoms with Crippen LogP contribution in [0, 0.1) is 5.92 Å². The molecule has 0 bridgehead atoms. The lowest BCUT2D eigenvalue weighted by molar-refractivity contribution is -0.141. The Labute approximate surface area is 145 Å². The van der Waals surface area contributed by atoms with E-state index in [4.69, 9.17) is 5.11 Å². The summed E-state index contributed by atoms with van der Waals surface area (Å²) in [6, 6.07) is -0.162. The lowest BCUT2D eigenvalue weighted by atomic mass is 9.79. The van der Waals surface area contributed by atoms with E-state index in [0.717, 1.165) is 25.9 Å². The smallest absolute Gasteiger partial charge is 0.317 e. The standard InChI is InChI=1S/C18H33N3O3/c1-15(16(22)23)13-20(2)17(24)19-14-18(9-5-3-6-10-18)21-11-7-4-8-12-21/h15H,3-14H2,1-2H3,(H,19,24)(H,22,23). The molecule has 0 spiro atoms. The topological polar surface area (TPSA) is 72.9 Å². The first-order valence-corrected chi connectivity index (χ1v) is 9.41. The Kier molecular flexibility index (Phi) is 6.90. The van der Waals surface area contributed by atoms with Crippen molar-refractivity contribution in [3.8, 4) is 0 Å². The lowest BCUT2D eigenvalue weighted by Crippen LogP contribution is -2.59. The van der Waals surface area contributed by atoms with Crippen LogP contribution in [0.1, 0.15) is 58.3 Å². The highest BCUT2D eigenvalue weighted by atomic mass is 16.4. The number of piperidine rings is 1. The molecule has 0 radical (unpaired) electrons. The van der Waals surface area contributed by atoms with Crippen LogP contribution in [0.25, 0.3) is 0 Å². The van der Waals surface area contributed by atoms with Crippen LogP contribution in [-0.2, 0) is 4.79 Å². The number of carbonyl (C=O) groups excluding carboxylic acids is 1. The highest BCUT2D eigenvalue weighted by Gasteiger charge is 2.38. The molecule has 1 aliphatic heterocycles. The van der Waals surface area contributed by atoms with Crippen LogP contribution in [0.2, 0.25) is 0 Å². The number of urea groups is 1. The maximum absolute atomic E-state index is 12.4. The summed E-state index contributed by atoms with van der Waals surface area (Å²) in [4.78, 5) is 27.4. The second-order valence-corrected chi connectivity index (χ2v) is 7.61. The van der Waals surface area contributed by atoms with Crippen LogP contribution in [0.15, 0.2) is 0 Å². The number of hydrogen-bond donors (Lipinski definition) is 2. The van der Waals surface area contributed by atoms with E-state index < -0.39 is 11.9 Å². The summed E-state index contributed by atoms with van der Waals surface area (Å²) in [5.74, 6) is -1.42. The predicted octanol–water partition coefficient (Wildman–Crippen LogP) is 2.54. The minimum absolute atomic E-state index is 0.105. The third-order valence-electron chi connectivity index (χ3n) is 5.70. The highest BCUT2D eigenvalue weighted by Crippen LogP contribution is 2.35. The Balaban J connectivity index is 1.92. The number of aliphatic carboxylic acids is 1. The van der Waals surface area contributed by atoms with Gasteiger partial charge in [0.25, 0.3) is 0 Å². The second-order valence-electron chi connectivity index (χ2n) is 7.61. The van der Waals surface area contributed by atoms with E-state index in [1.165, 1.54) is 43.4 Å². The molecule has 2 fully saturated rings. The fourth-order valence-electron chi connectivity index (χ4n) is 4.13. The maximum atomic E-state index is 12.4. The van der Waals surface area contributed by atoms with Crippen LogP contribution in [0.3, 0.4) is 0 Å². The molecule has 2 amide bonds. The van der Waals surface area contributed by atoms with Gasteiger partial charge in [-0.3, -0.25) is 9.69 Å². The Morgan fingerprint density at radius 2 is 1.71 bits per heavy atom. The molecule has 1 unspecified atom stereocenters. The zero-order valence-electron chi connectivity index (χ0n) is 15.2. The molecular weight excluding hydrogens is 306 g/mol. The van der Waals surface area contributed by atoms with Crippen molar-refractivity contribution in [3.63, 3.8) is 0 Å². The summed E-state index contributed by atoms with van der Waals surface area (Å²) in [5, 5.41) is 12.1. The highest BCUT2D eigenvalue weighted by molar-refractivity contribution is 5.75. The van der Waals surface area contributed by atoms with Crippen LogP contribution in [0.5, 0.6) is 0 Å². The Morgan fingerprint density at radius 3 is 2.29 bits per heavy atom. The number of nitrogens with zero attached hydrogens (tertiary/aromatic N) is 2. The Hall–Kier alpha value is -1.30. The molecule has 1 aliphatic carbocycles. The first-order chi connectivity index (χ1) is 11.4. The molecule has 6 nitrogen and oxygen atoms in total. The van der Waals surface area contributed by atoms with Crippen molar-refractivity contribution in [3.05, 3.63) is 0 Å². The maximum Gasteiger partial charge on any atom is 0.317 e. The van der Waals surface area contributed by atoms with Gasteiger partial charge in [-0.25, -0.2) is 4.79 Å². The van der Waals surface area contributed by atoms with Crippen molar-refractivity contribution >= 4 is 12.0 Å². The molecule has 6 heteroatoms. The van der Waals surface area contributed by atoms with Gasteiger partial charge in [0, 0.05) is 25.7 Å². The number of hydrogen-bond acceptors (Lipinski definition) is 3. The van der Waals surface area contributed by atoms with Crippen LogP contribution >= 0.6 is 0 Å². The van der Waals surface area contributed by atoms with E-state index in [9.17, 15) is 9.59 Å². The molecule has 1 saturated heterocycles. The van der Waals surface area contributed by atoms with Gasteiger partial charge < -0.3 is 15.3 Å². The average molecular weight is 339 g/mol. The van der Waals surface area contributed by atoms with Crippen LogP contribution < -0.4 is 5.32 Å². The lowest BCUT2D eigenvalue weighted by Gasteiger charge is -2.48. The summed E-state index contributed by atoms with van der Waals surface area (Å²) in [6.07, 6.45) is 9.90. The molecule has 2 N–H and O–H groups in total. The first-order valence-electron chi connectivity index (χ1n) is 9.41. The van der Waals surface area contributed by atoms with Gasteiger partial charge in [0.05, 0.1) is 5.92 Å². The first kappa shape index (κ1) is 19.0. The van der Waals surface area contributed by atoms with Crippen molar-refractivity contribution in [1.29, 1.82) is 0 Å². The molecule has 0 aromatic carbocycles. The van der Waals surface area contributed by atoms with Crippen molar-refractivity contribution in [2.45, 2.75) is 63.8 Å². The van der Waals surface area contributed by atoms with Gasteiger partial charge in [-0.2, -0.15) is 0 Å². The quantitative estimate of drug-likeness (QED) is 0.780. The predicted molar refractivity (Wildman–Crippen MR) is 94.1 cm³/mol. The van der Waals surface area contributed by atoms with E-state index >= 15 is 0 Å². The van der Waals surface area contributed by atoms with Gasteiger partial charge in [0.2, 0.25) is 0 Å². The van der Waals surface area contributed by atoms with Crippen LogP contribution in [-0.4, -0.2) is 65.7 Å². The number of rotatable bonds is 6. The largest absolute Gasteiger partial charge is 0.481 e. The van der Waals surface area contributed by atoms with E-state index in [-0.39, 0.29) is 18.1 Å². The Morgan fingerprint density at radius 1 is 1.12 bits per heavy atom. The van der Waals surface area contributed by atoms with Gasteiger partial charge in [-0.15, -0.1) is 0 Å². The molecular formula is C18H33N3O3. The Bertz CT molecular complexity index is 429. The van der Waals surface area contributed by atoms with E-state index in [2.05, 4.69) is 10.2 Å². The molecule has 1 saturated carbocycles. The summed E-state index contributed by atoms with van der Waals surface area (Å²) >= 11 is 0. The number of nitrogens with one attached hydrogen (secondary N) is 1. The number of carbonyl (C=O) groups is 2. The molecule has 2 aliphatic rings. The summed E-state index contributed by atoms with van der Waals surface area (Å²) in [5.41, 5.74) is 0.105. The molecule has 0 aromatic heterocycles. The zero-order valence-corrected chi connectivity index (χ0v) is 15.2. The molecule has 1 heterocycles. The minimum Gasteiger partial charge on any atom is -0.481 e. The number of carboxylic acid groups (broad SMARTS) is 1. The second kappa shape index (κ2) is 8.70. The van der Waals surface area contributed by atoms with Crippen molar-refractivity contribution < 1.29 is 14.7 Å². The van der Waals surface area contributed by atoms with Crippen molar-refractivity contribution in [2.75, 3.05) is 33.2 Å². The number of amides is 2. The van der Waals surface area contributed by atoms with Gasteiger partial charge in [0.1, 0.15) is 0 Å². The number of likely N-dealkylation sites (tertiary alicyclic amines) is 1.